The smallest absolute Gasteiger partial charge is 0.259 e. The lowest BCUT2D eigenvalue weighted by Crippen LogP contribution is -2.17. The number of fused-ring (bicyclic) bond motifs is 2. The summed E-state index contributed by atoms with van der Waals surface area (Å²) in [6.07, 6.45) is 6.72. The van der Waals surface area contributed by atoms with Crippen LogP contribution in [-0.2, 0) is 53.4 Å². The molecule has 5 nitrogen and oxygen atoms in total. The van der Waals surface area contributed by atoms with E-state index in [9.17, 15) is 9.00 Å². The zero-order chi connectivity index (χ0) is 20.6. The van der Waals surface area contributed by atoms with E-state index in [1.807, 2.05) is 26.2 Å². The molecule has 0 spiro atoms. The zero-order valence-corrected chi connectivity index (χ0v) is 18.1. The van der Waals surface area contributed by atoms with Gasteiger partial charge >= 0.3 is 0 Å². The van der Waals surface area contributed by atoms with Crippen molar-refractivity contribution in [3.8, 4) is 0 Å². The molecule has 0 saturated carbocycles. The van der Waals surface area contributed by atoms with E-state index < -0.39 is 9.92 Å². The van der Waals surface area contributed by atoms with Gasteiger partial charge in [0.1, 0.15) is 9.92 Å². The van der Waals surface area contributed by atoms with Crippen LogP contribution < -0.4 is 5.14 Å². The average molecular weight is 412 g/mol. The molecule has 0 aromatic heterocycles. The van der Waals surface area contributed by atoms with Crippen molar-refractivity contribution in [2.24, 2.45) is 9.50 Å². The zero-order valence-electron chi connectivity index (χ0n) is 17.2. The highest BCUT2D eigenvalue weighted by Gasteiger charge is 2.25. The first-order valence-corrected chi connectivity index (χ1v) is 11.9. The molecule has 0 fully saturated rings. The van der Waals surface area contributed by atoms with E-state index in [1.165, 1.54) is 22.3 Å². The summed E-state index contributed by atoms with van der Waals surface area (Å²) in [5.74, 6) is -0.385. The normalized spacial score (nSPS) is 17.1. The molecule has 0 heterocycles. The number of rotatable bonds is 5. The molecular formula is C23H29N3O2S. The van der Waals surface area contributed by atoms with E-state index in [2.05, 4.69) is 15.3 Å². The Morgan fingerprint density at radius 2 is 1.62 bits per heavy atom. The molecule has 0 radical (unpaired) electrons. The Labute approximate surface area is 173 Å². The molecule has 0 bridgehead atoms. The Balaban J connectivity index is 1.59. The van der Waals surface area contributed by atoms with E-state index in [0.717, 1.165) is 56.2 Å². The predicted octanol–water partition coefficient (Wildman–Crippen LogP) is 3.20. The minimum absolute atomic E-state index is 0.207. The van der Waals surface area contributed by atoms with Crippen LogP contribution in [0.2, 0.25) is 0 Å². The fourth-order valence-electron chi connectivity index (χ4n) is 4.69. The van der Waals surface area contributed by atoms with Gasteiger partial charge < -0.3 is 4.90 Å². The fourth-order valence-corrected chi connectivity index (χ4v) is 5.69. The predicted molar refractivity (Wildman–Crippen MR) is 116 cm³/mol. The lowest BCUT2D eigenvalue weighted by atomic mass is 9.92. The summed E-state index contributed by atoms with van der Waals surface area (Å²) in [5, 5.41) is 6.00. The summed E-state index contributed by atoms with van der Waals surface area (Å²) >= 11 is 0. The lowest BCUT2D eigenvalue weighted by molar-refractivity contribution is -0.117. The van der Waals surface area contributed by atoms with Gasteiger partial charge in [0, 0.05) is 6.54 Å². The first-order chi connectivity index (χ1) is 13.8. The van der Waals surface area contributed by atoms with Gasteiger partial charge in [0.25, 0.3) is 5.91 Å². The van der Waals surface area contributed by atoms with Crippen molar-refractivity contribution in [3.05, 3.63) is 63.7 Å². The van der Waals surface area contributed by atoms with Gasteiger partial charge in [-0.2, -0.15) is 0 Å². The van der Waals surface area contributed by atoms with Gasteiger partial charge in [-0.05, 0) is 98.1 Å². The number of nitrogens with zero attached hydrogens (tertiary/aromatic N) is 2. The highest BCUT2D eigenvalue weighted by atomic mass is 32.2. The Hall–Kier alpha value is -2.02. The van der Waals surface area contributed by atoms with E-state index in [1.54, 1.807) is 12.1 Å². The SMILES string of the molecule is CN(C)Cc1ccc(S(N)(=O)=NC(=O)Cc2c3c(cc4c2CCC4)CCC3)cc1. The van der Waals surface area contributed by atoms with Crippen LogP contribution >= 0.6 is 0 Å². The molecule has 2 aromatic rings. The summed E-state index contributed by atoms with van der Waals surface area (Å²) < 4.78 is 16.9. The molecule has 1 atom stereocenters. The summed E-state index contributed by atoms with van der Waals surface area (Å²) in [7, 11) is 0.741. The van der Waals surface area contributed by atoms with Crippen molar-refractivity contribution in [3.63, 3.8) is 0 Å². The Bertz CT molecular complexity index is 1030. The van der Waals surface area contributed by atoms with Crippen LogP contribution in [0.25, 0.3) is 0 Å². The van der Waals surface area contributed by atoms with Crippen molar-refractivity contribution in [2.75, 3.05) is 14.1 Å². The maximum absolute atomic E-state index is 13.0. The molecule has 0 aliphatic heterocycles. The topological polar surface area (TPSA) is 75.8 Å². The minimum atomic E-state index is -3.24. The second-order valence-electron chi connectivity index (χ2n) is 8.45. The van der Waals surface area contributed by atoms with Crippen molar-refractivity contribution >= 4 is 15.8 Å². The van der Waals surface area contributed by atoms with Crippen molar-refractivity contribution in [1.82, 2.24) is 4.90 Å². The summed E-state index contributed by atoms with van der Waals surface area (Å²) in [4.78, 5) is 15.2. The molecule has 2 aliphatic carbocycles. The third-order valence-corrected chi connectivity index (χ3v) is 7.35. The quantitative estimate of drug-likeness (QED) is 0.821. The number of amides is 1. The monoisotopic (exact) mass is 411 g/mol. The van der Waals surface area contributed by atoms with Crippen LogP contribution in [0.15, 0.2) is 39.6 Å². The third-order valence-electron chi connectivity index (χ3n) is 5.92. The van der Waals surface area contributed by atoms with Crippen LogP contribution in [-0.4, -0.2) is 29.1 Å². The van der Waals surface area contributed by atoms with Crippen molar-refractivity contribution in [2.45, 2.75) is 56.4 Å². The number of carbonyl (C=O) groups is 1. The van der Waals surface area contributed by atoms with E-state index in [4.69, 9.17) is 5.14 Å². The lowest BCUT2D eigenvalue weighted by Gasteiger charge is -2.14. The number of hydrogen-bond donors (Lipinski definition) is 1. The Kier molecular flexibility index (Phi) is 5.60. The number of aryl methyl sites for hydroxylation is 2. The van der Waals surface area contributed by atoms with Gasteiger partial charge in [-0.25, -0.2) is 9.35 Å². The minimum Gasteiger partial charge on any atom is -0.305 e. The summed E-state index contributed by atoms with van der Waals surface area (Å²) in [6, 6.07) is 9.56. The van der Waals surface area contributed by atoms with Gasteiger partial charge in [-0.1, -0.05) is 18.2 Å². The standard InChI is InChI=1S/C23H29N3O2S/c1-26(2)15-16-9-11-19(12-10-16)29(24,28)25-23(27)14-22-20-7-3-5-17(20)13-18-6-4-8-21(18)22/h9-13H,3-8,14-15H2,1-2H3,(H2,24,25,27,28). The molecule has 4 rings (SSSR count). The molecule has 0 saturated heterocycles. The maximum Gasteiger partial charge on any atom is 0.259 e. The van der Waals surface area contributed by atoms with E-state index >= 15 is 0 Å². The molecule has 2 aromatic carbocycles. The first-order valence-electron chi connectivity index (χ1n) is 10.3. The number of nitrogens with two attached hydrogens (primary N) is 1. The Morgan fingerprint density at radius 3 is 2.17 bits per heavy atom. The van der Waals surface area contributed by atoms with Gasteiger partial charge in [0.05, 0.1) is 11.3 Å². The Morgan fingerprint density at radius 1 is 1.03 bits per heavy atom. The molecule has 1 amide bonds. The molecule has 6 heteroatoms. The average Bonchev–Trinajstić information content (AvgIpc) is 3.30. The van der Waals surface area contributed by atoms with Gasteiger partial charge in [-0.15, -0.1) is 4.36 Å². The van der Waals surface area contributed by atoms with Crippen LogP contribution in [0, 0.1) is 0 Å². The van der Waals surface area contributed by atoms with Gasteiger partial charge in [-0.3, -0.25) is 4.79 Å². The van der Waals surface area contributed by atoms with Crippen molar-refractivity contribution in [1.29, 1.82) is 0 Å². The summed E-state index contributed by atoms with van der Waals surface area (Å²) in [6.45, 7) is 0.784. The van der Waals surface area contributed by atoms with Crippen LogP contribution in [0.4, 0.5) is 0 Å². The highest BCUT2D eigenvalue weighted by molar-refractivity contribution is 7.91. The van der Waals surface area contributed by atoms with Crippen molar-refractivity contribution < 1.29 is 9.00 Å². The second kappa shape index (κ2) is 8.01. The van der Waals surface area contributed by atoms with Crippen LogP contribution in [0.3, 0.4) is 0 Å². The molecule has 2 aliphatic rings. The van der Waals surface area contributed by atoms with Gasteiger partial charge in [0.15, 0.2) is 0 Å². The van der Waals surface area contributed by atoms with Crippen LogP contribution in [0.1, 0.15) is 46.2 Å². The molecule has 1 unspecified atom stereocenters. The number of hydrogen-bond acceptors (Lipinski definition) is 3. The molecule has 154 valence electrons. The maximum atomic E-state index is 13.0. The fraction of sp³-hybridized carbons (Fsp3) is 0.435. The molecule has 29 heavy (non-hydrogen) atoms. The second-order valence-corrected chi connectivity index (χ2v) is 10.2. The molecular weight excluding hydrogens is 382 g/mol. The largest absolute Gasteiger partial charge is 0.305 e. The van der Waals surface area contributed by atoms with E-state index in [-0.39, 0.29) is 12.3 Å². The molecule has 2 N–H and O–H groups in total. The van der Waals surface area contributed by atoms with E-state index in [0.29, 0.717) is 4.90 Å². The van der Waals surface area contributed by atoms with Gasteiger partial charge in [0.2, 0.25) is 0 Å². The van der Waals surface area contributed by atoms with Crippen LogP contribution in [0.5, 0.6) is 0 Å². The number of benzene rings is 2. The highest BCUT2D eigenvalue weighted by Crippen LogP contribution is 2.35. The summed E-state index contributed by atoms with van der Waals surface area (Å²) in [5.41, 5.74) is 7.65. The number of carbonyl (C=O) groups excluding carboxylic acids is 1. The third kappa shape index (κ3) is 4.29. The first kappa shape index (κ1) is 20.3.